The first-order valence-electron chi connectivity index (χ1n) is 7.58. The van der Waals surface area contributed by atoms with Crippen LogP contribution in [0.5, 0.6) is 0 Å². The average molecular weight is 338 g/mol. The minimum Gasteiger partial charge on any atom is -0.450 e. The summed E-state index contributed by atoms with van der Waals surface area (Å²) in [6, 6.07) is 5.34. The van der Waals surface area contributed by atoms with E-state index >= 15 is 0 Å². The summed E-state index contributed by atoms with van der Waals surface area (Å²) in [5, 5.41) is 3.95. The van der Waals surface area contributed by atoms with Gasteiger partial charge in [0.25, 0.3) is 5.91 Å². The zero-order valence-corrected chi connectivity index (χ0v) is 14.2. The molecule has 5 nitrogen and oxygen atoms in total. The number of halogens is 1. The van der Waals surface area contributed by atoms with Gasteiger partial charge in [-0.2, -0.15) is 0 Å². The van der Waals surface area contributed by atoms with Gasteiger partial charge in [-0.1, -0.05) is 37.1 Å². The molecule has 1 atom stereocenters. The van der Waals surface area contributed by atoms with E-state index in [0.29, 0.717) is 16.2 Å². The van der Waals surface area contributed by atoms with Crippen LogP contribution in [-0.2, 0) is 9.53 Å². The molecule has 0 aliphatic heterocycles. The van der Waals surface area contributed by atoms with E-state index in [2.05, 4.69) is 5.32 Å². The summed E-state index contributed by atoms with van der Waals surface area (Å²) in [7, 11) is 0. The molecule has 0 radical (unpaired) electrons. The maximum Gasteiger partial charge on any atom is 0.375 e. The molecule has 0 aliphatic carbocycles. The third kappa shape index (κ3) is 4.05. The lowest BCUT2D eigenvalue weighted by atomic mass is 10.1. The van der Waals surface area contributed by atoms with Gasteiger partial charge >= 0.3 is 5.97 Å². The fraction of sp³-hybridized carbons (Fsp3) is 0.412. The molecule has 2 aromatic rings. The molecule has 1 N–H and O–H groups in total. The van der Waals surface area contributed by atoms with Crippen LogP contribution in [0.15, 0.2) is 22.6 Å². The topological polar surface area (TPSA) is 68.5 Å². The number of rotatable bonds is 6. The predicted octanol–water partition coefficient (Wildman–Crippen LogP) is 3.86. The molecule has 1 aromatic carbocycles. The Balaban J connectivity index is 2.03. The molecular weight excluding hydrogens is 318 g/mol. The molecule has 0 fully saturated rings. The van der Waals surface area contributed by atoms with Crippen LogP contribution >= 0.6 is 11.6 Å². The normalized spacial score (nSPS) is 12.2. The number of carbonyl (C=O) groups is 2. The van der Waals surface area contributed by atoms with Gasteiger partial charge < -0.3 is 14.5 Å². The lowest BCUT2D eigenvalue weighted by Gasteiger charge is -2.12. The molecule has 0 bridgehead atoms. The Morgan fingerprint density at radius 1 is 1.39 bits per heavy atom. The smallest absolute Gasteiger partial charge is 0.375 e. The second-order valence-electron chi connectivity index (χ2n) is 5.51. The zero-order valence-electron chi connectivity index (χ0n) is 13.4. The van der Waals surface area contributed by atoms with Crippen molar-refractivity contribution in [3.8, 4) is 0 Å². The van der Waals surface area contributed by atoms with Crippen molar-refractivity contribution >= 4 is 34.4 Å². The summed E-state index contributed by atoms with van der Waals surface area (Å²) in [4.78, 5) is 23.9. The van der Waals surface area contributed by atoms with Crippen molar-refractivity contribution in [1.82, 2.24) is 5.32 Å². The van der Waals surface area contributed by atoms with Crippen LogP contribution in [0.25, 0.3) is 11.0 Å². The summed E-state index contributed by atoms with van der Waals surface area (Å²) in [6.45, 7) is 5.37. The van der Waals surface area contributed by atoms with Crippen molar-refractivity contribution in [3.63, 3.8) is 0 Å². The number of carbonyl (C=O) groups excluding carboxylic acids is 2. The van der Waals surface area contributed by atoms with Gasteiger partial charge in [-0.05, 0) is 26.3 Å². The molecule has 2 rings (SSSR count). The maximum atomic E-state index is 12.1. The van der Waals surface area contributed by atoms with E-state index in [-0.39, 0.29) is 24.3 Å². The Hall–Kier alpha value is -2.01. The molecule has 0 saturated heterocycles. The third-order valence-corrected chi connectivity index (χ3v) is 3.86. The van der Waals surface area contributed by atoms with E-state index in [0.717, 1.165) is 18.2 Å². The number of para-hydroxylation sites is 1. The fourth-order valence-electron chi connectivity index (χ4n) is 2.42. The molecule has 0 spiro atoms. The van der Waals surface area contributed by atoms with Crippen molar-refractivity contribution in [2.45, 2.75) is 39.7 Å². The standard InChI is InChI=1S/C17H20ClNO4/c1-4-6-10(2)19-14(20)9-22-17(21)15-11(3)12-7-5-8-13(18)16(12)23-15/h5,7-8,10H,4,6,9H2,1-3H3,(H,19,20). The van der Waals surface area contributed by atoms with Gasteiger partial charge in [0.1, 0.15) is 0 Å². The summed E-state index contributed by atoms with van der Waals surface area (Å²) in [6.07, 6.45) is 1.85. The van der Waals surface area contributed by atoms with E-state index in [4.69, 9.17) is 20.8 Å². The summed E-state index contributed by atoms with van der Waals surface area (Å²) in [5.74, 6) is -0.929. The molecule has 1 aromatic heterocycles. The highest BCUT2D eigenvalue weighted by atomic mass is 35.5. The van der Waals surface area contributed by atoms with Gasteiger partial charge in [-0.3, -0.25) is 4.79 Å². The molecule has 1 heterocycles. The lowest BCUT2D eigenvalue weighted by molar-refractivity contribution is -0.124. The largest absolute Gasteiger partial charge is 0.450 e. The van der Waals surface area contributed by atoms with Crippen molar-refractivity contribution in [3.05, 3.63) is 34.5 Å². The first-order valence-corrected chi connectivity index (χ1v) is 7.96. The summed E-state index contributed by atoms with van der Waals surface area (Å²) in [5.41, 5.74) is 1.09. The maximum absolute atomic E-state index is 12.1. The van der Waals surface area contributed by atoms with Crippen molar-refractivity contribution in [1.29, 1.82) is 0 Å². The van der Waals surface area contributed by atoms with Gasteiger partial charge in [-0.15, -0.1) is 0 Å². The number of furan rings is 1. The van der Waals surface area contributed by atoms with Crippen molar-refractivity contribution < 1.29 is 18.7 Å². The van der Waals surface area contributed by atoms with Gasteiger partial charge in [0.2, 0.25) is 5.76 Å². The highest BCUT2D eigenvalue weighted by molar-refractivity contribution is 6.35. The molecule has 6 heteroatoms. The van der Waals surface area contributed by atoms with Crippen molar-refractivity contribution in [2.24, 2.45) is 0 Å². The number of ether oxygens (including phenoxy) is 1. The molecule has 1 amide bonds. The molecule has 23 heavy (non-hydrogen) atoms. The Labute approximate surface area is 139 Å². The molecule has 1 unspecified atom stereocenters. The minimum absolute atomic E-state index is 0.0537. The van der Waals surface area contributed by atoms with E-state index in [1.807, 2.05) is 19.9 Å². The van der Waals surface area contributed by atoms with Crippen LogP contribution in [0.4, 0.5) is 0 Å². The highest BCUT2D eigenvalue weighted by Crippen LogP contribution is 2.30. The zero-order chi connectivity index (χ0) is 17.0. The van der Waals surface area contributed by atoms with Crippen LogP contribution < -0.4 is 5.32 Å². The van der Waals surface area contributed by atoms with Crippen LogP contribution in [-0.4, -0.2) is 24.5 Å². The van der Waals surface area contributed by atoms with Crippen molar-refractivity contribution in [2.75, 3.05) is 6.61 Å². The predicted molar refractivity (Wildman–Crippen MR) is 88.8 cm³/mol. The quantitative estimate of drug-likeness (QED) is 0.813. The van der Waals surface area contributed by atoms with E-state index in [1.165, 1.54) is 0 Å². The number of hydrogen-bond acceptors (Lipinski definition) is 4. The number of fused-ring (bicyclic) bond motifs is 1. The second kappa shape index (κ2) is 7.51. The summed E-state index contributed by atoms with van der Waals surface area (Å²) < 4.78 is 10.5. The number of aryl methyl sites for hydroxylation is 1. The van der Waals surface area contributed by atoms with E-state index in [1.54, 1.807) is 19.1 Å². The Bertz CT molecular complexity index is 723. The monoisotopic (exact) mass is 337 g/mol. The minimum atomic E-state index is -0.673. The third-order valence-electron chi connectivity index (χ3n) is 3.56. The number of esters is 1. The Morgan fingerprint density at radius 2 is 2.13 bits per heavy atom. The molecule has 124 valence electrons. The highest BCUT2D eigenvalue weighted by Gasteiger charge is 2.21. The Morgan fingerprint density at radius 3 is 2.78 bits per heavy atom. The number of amides is 1. The first-order chi connectivity index (χ1) is 10.9. The van der Waals surface area contributed by atoms with Gasteiger partial charge in [0, 0.05) is 17.0 Å². The van der Waals surface area contributed by atoms with Crippen LogP contribution in [0, 0.1) is 6.92 Å². The summed E-state index contributed by atoms with van der Waals surface area (Å²) >= 11 is 6.05. The number of hydrogen-bond donors (Lipinski definition) is 1. The van der Waals surface area contributed by atoms with Gasteiger partial charge in [-0.25, -0.2) is 4.79 Å². The molecular formula is C17H20ClNO4. The van der Waals surface area contributed by atoms with Gasteiger partial charge in [0.15, 0.2) is 12.2 Å². The van der Waals surface area contributed by atoms with Crippen LogP contribution in [0.1, 0.15) is 42.8 Å². The van der Waals surface area contributed by atoms with Crippen LogP contribution in [0.2, 0.25) is 5.02 Å². The van der Waals surface area contributed by atoms with E-state index in [9.17, 15) is 9.59 Å². The van der Waals surface area contributed by atoms with Gasteiger partial charge in [0.05, 0.1) is 5.02 Å². The number of benzene rings is 1. The average Bonchev–Trinajstić information content (AvgIpc) is 2.84. The first kappa shape index (κ1) is 17.3. The SMILES string of the molecule is CCCC(C)NC(=O)COC(=O)c1oc2c(Cl)cccc2c1C. The Kier molecular flexibility index (Phi) is 5.66. The second-order valence-corrected chi connectivity index (χ2v) is 5.91. The lowest BCUT2D eigenvalue weighted by Crippen LogP contribution is -2.35. The fourth-order valence-corrected chi connectivity index (χ4v) is 2.63. The molecule has 0 aliphatic rings. The number of nitrogens with one attached hydrogen (secondary N) is 1. The van der Waals surface area contributed by atoms with Crippen LogP contribution in [0.3, 0.4) is 0 Å². The molecule has 0 saturated carbocycles. The van der Waals surface area contributed by atoms with E-state index < -0.39 is 5.97 Å².